The first kappa shape index (κ1) is 14.1. The standard InChI is InChI=1S/C16H24N2O/c1-13(19)18-16-9-5-8-15(12-16)17-11-10-14-6-3-2-4-7-14/h2-4,6-7,15-17H,5,8-12H2,1H3,(H,18,19)/t15-,16-/m0/s1. The second-order valence-electron chi connectivity index (χ2n) is 5.45. The Balaban J connectivity index is 1.69. The molecule has 19 heavy (non-hydrogen) atoms. The van der Waals surface area contributed by atoms with Crippen LogP contribution in [0.5, 0.6) is 0 Å². The van der Waals surface area contributed by atoms with E-state index in [1.807, 2.05) is 0 Å². The summed E-state index contributed by atoms with van der Waals surface area (Å²) in [4.78, 5) is 11.1. The van der Waals surface area contributed by atoms with Crippen molar-refractivity contribution in [3.63, 3.8) is 0 Å². The van der Waals surface area contributed by atoms with E-state index in [-0.39, 0.29) is 5.91 Å². The SMILES string of the molecule is CC(=O)N[C@H]1CCC[C@H](NCCc2ccccc2)C1. The average Bonchev–Trinajstić information content (AvgIpc) is 2.40. The molecule has 2 N–H and O–H groups in total. The number of hydrogen-bond donors (Lipinski definition) is 2. The molecule has 1 aliphatic carbocycles. The molecule has 1 aliphatic rings. The Bertz CT molecular complexity index is 391. The van der Waals surface area contributed by atoms with Crippen molar-refractivity contribution in [1.82, 2.24) is 10.6 Å². The van der Waals surface area contributed by atoms with E-state index < -0.39 is 0 Å². The summed E-state index contributed by atoms with van der Waals surface area (Å²) in [7, 11) is 0. The maximum absolute atomic E-state index is 11.1. The summed E-state index contributed by atoms with van der Waals surface area (Å²) in [6.45, 7) is 2.62. The summed E-state index contributed by atoms with van der Waals surface area (Å²) < 4.78 is 0. The Morgan fingerprint density at radius 1 is 1.21 bits per heavy atom. The van der Waals surface area contributed by atoms with Crippen LogP contribution in [0, 0.1) is 0 Å². The fourth-order valence-corrected chi connectivity index (χ4v) is 2.86. The van der Waals surface area contributed by atoms with Crippen LogP contribution in [0.2, 0.25) is 0 Å². The molecule has 2 rings (SSSR count). The van der Waals surface area contributed by atoms with Crippen LogP contribution in [0.25, 0.3) is 0 Å². The topological polar surface area (TPSA) is 41.1 Å². The molecule has 1 aromatic carbocycles. The first-order valence-electron chi connectivity index (χ1n) is 7.28. The Labute approximate surface area is 115 Å². The van der Waals surface area contributed by atoms with E-state index in [0.29, 0.717) is 12.1 Å². The molecule has 3 heteroatoms. The predicted octanol–water partition coefficient (Wildman–Crippen LogP) is 2.27. The molecular formula is C16H24N2O. The summed E-state index contributed by atoms with van der Waals surface area (Å²) in [5.74, 6) is 0.0925. The van der Waals surface area contributed by atoms with E-state index in [1.165, 1.54) is 18.4 Å². The summed E-state index contributed by atoms with van der Waals surface area (Å²) in [5.41, 5.74) is 1.38. The molecule has 104 valence electrons. The summed E-state index contributed by atoms with van der Waals surface area (Å²) in [5, 5.41) is 6.66. The third-order valence-corrected chi connectivity index (χ3v) is 3.77. The number of nitrogens with one attached hydrogen (secondary N) is 2. The number of carbonyl (C=O) groups is 1. The number of carbonyl (C=O) groups excluding carboxylic acids is 1. The van der Waals surface area contributed by atoms with Crippen molar-refractivity contribution >= 4 is 5.91 Å². The third kappa shape index (κ3) is 5.03. The molecule has 0 radical (unpaired) electrons. The lowest BCUT2D eigenvalue weighted by Crippen LogP contribution is -2.43. The molecule has 1 fully saturated rings. The predicted molar refractivity (Wildman–Crippen MR) is 78.0 cm³/mol. The van der Waals surface area contributed by atoms with Gasteiger partial charge in [-0.2, -0.15) is 0 Å². The van der Waals surface area contributed by atoms with Gasteiger partial charge in [0.05, 0.1) is 0 Å². The van der Waals surface area contributed by atoms with Crippen molar-refractivity contribution < 1.29 is 4.79 Å². The van der Waals surface area contributed by atoms with Gasteiger partial charge >= 0.3 is 0 Å². The van der Waals surface area contributed by atoms with Crippen LogP contribution in [0.1, 0.15) is 38.2 Å². The van der Waals surface area contributed by atoms with Gasteiger partial charge in [-0.3, -0.25) is 4.79 Å². The summed E-state index contributed by atoms with van der Waals surface area (Å²) >= 11 is 0. The fourth-order valence-electron chi connectivity index (χ4n) is 2.86. The molecule has 0 heterocycles. The lowest BCUT2D eigenvalue weighted by Gasteiger charge is -2.30. The highest BCUT2D eigenvalue weighted by Crippen LogP contribution is 2.18. The Hall–Kier alpha value is -1.35. The molecule has 0 bridgehead atoms. The number of amides is 1. The van der Waals surface area contributed by atoms with Gasteiger partial charge in [-0.25, -0.2) is 0 Å². The van der Waals surface area contributed by atoms with Gasteiger partial charge in [0.1, 0.15) is 0 Å². The average molecular weight is 260 g/mol. The molecule has 1 aromatic rings. The van der Waals surface area contributed by atoms with Crippen molar-refractivity contribution in [2.24, 2.45) is 0 Å². The first-order valence-corrected chi connectivity index (χ1v) is 7.28. The minimum Gasteiger partial charge on any atom is -0.354 e. The van der Waals surface area contributed by atoms with Gasteiger partial charge in [-0.05, 0) is 44.2 Å². The molecule has 0 aliphatic heterocycles. The molecule has 0 aromatic heterocycles. The lowest BCUT2D eigenvalue weighted by molar-refractivity contribution is -0.119. The zero-order valence-electron chi connectivity index (χ0n) is 11.7. The minimum absolute atomic E-state index is 0.0925. The van der Waals surface area contributed by atoms with Crippen LogP contribution >= 0.6 is 0 Å². The van der Waals surface area contributed by atoms with Crippen molar-refractivity contribution in [3.8, 4) is 0 Å². The van der Waals surface area contributed by atoms with Crippen LogP contribution in [0.15, 0.2) is 30.3 Å². The van der Waals surface area contributed by atoms with E-state index in [9.17, 15) is 4.79 Å². The normalized spacial score (nSPS) is 23.0. The smallest absolute Gasteiger partial charge is 0.217 e. The quantitative estimate of drug-likeness (QED) is 0.852. The molecular weight excluding hydrogens is 236 g/mol. The Kier molecular flexibility index (Phi) is 5.40. The van der Waals surface area contributed by atoms with Crippen molar-refractivity contribution in [2.75, 3.05) is 6.54 Å². The molecule has 0 saturated heterocycles. The van der Waals surface area contributed by atoms with E-state index in [0.717, 1.165) is 25.8 Å². The van der Waals surface area contributed by atoms with Crippen LogP contribution < -0.4 is 10.6 Å². The van der Waals surface area contributed by atoms with Gasteiger partial charge in [0.25, 0.3) is 0 Å². The van der Waals surface area contributed by atoms with Gasteiger partial charge in [-0.1, -0.05) is 30.3 Å². The molecule has 2 atom stereocenters. The zero-order chi connectivity index (χ0) is 13.5. The van der Waals surface area contributed by atoms with Crippen LogP contribution in [-0.2, 0) is 11.2 Å². The lowest BCUT2D eigenvalue weighted by atomic mass is 9.91. The highest BCUT2D eigenvalue weighted by molar-refractivity contribution is 5.73. The van der Waals surface area contributed by atoms with E-state index in [1.54, 1.807) is 6.92 Å². The van der Waals surface area contributed by atoms with Crippen LogP contribution in [0.3, 0.4) is 0 Å². The molecule has 1 saturated carbocycles. The molecule has 0 unspecified atom stereocenters. The van der Waals surface area contributed by atoms with Gasteiger partial charge in [0, 0.05) is 19.0 Å². The maximum Gasteiger partial charge on any atom is 0.217 e. The fraction of sp³-hybridized carbons (Fsp3) is 0.562. The minimum atomic E-state index is 0.0925. The summed E-state index contributed by atoms with van der Waals surface area (Å²) in [6, 6.07) is 11.5. The second kappa shape index (κ2) is 7.29. The number of benzene rings is 1. The second-order valence-corrected chi connectivity index (χ2v) is 5.45. The Morgan fingerprint density at radius 2 is 1.95 bits per heavy atom. The van der Waals surface area contributed by atoms with E-state index in [4.69, 9.17) is 0 Å². The van der Waals surface area contributed by atoms with E-state index >= 15 is 0 Å². The largest absolute Gasteiger partial charge is 0.354 e. The van der Waals surface area contributed by atoms with Crippen LogP contribution in [0.4, 0.5) is 0 Å². The number of rotatable bonds is 5. The number of hydrogen-bond acceptors (Lipinski definition) is 2. The van der Waals surface area contributed by atoms with Gasteiger partial charge in [0.2, 0.25) is 5.91 Å². The molecule has 1 amide bonds. The van der Waals surface area contributed by atoms with E-state index in [2.05, 4.69) is 41.0 Å². The summed E-state index contributed by atoms with van der Waals surface area (Å²) in [6.07, 6.45) is 5.69. The third-order valence-electron chi connectivity index (χ3n) is 3.77. The monoisotopic (exact) mass is 260 g/mol. The van der Waals surface area contributed by atoms with Gasteiger partial charge < -0.3 is 10.6 Å². The molecule has 3 nitrogen and oxygen atoms in total. The highest BCUT2D eigenvalue weighted by atomic mass is 16.1. The first-order chi connectivity index (χ1) is 9.24. The van der Waals surface area contributed by atoms with Crippen molar-refractivity contribution in [2.45, 2.75) is 51.1 Å². The van der Waals surface area contributed by atoms with Crippen LogP contribution in [-0.4, -0.2) is 24.5 Å². The van der Waals surface area contributed by atoms with Crippen molar-refractivity contribution in [3.05, 3.63) is 35.9 Å². The molecule has 0 spiro atoms. The van der Waals surface area contributed by atoms with Gasteiger partial charge in [-0.15, -0.1) is 0 Å². The highest BCUT2D eigenvalue weighted by Gasteiger charge is 2.21. The van der Waals surface area contributed by atoms with Crippen molar-refractivity contribution in [1.29, 1.82) is 0 Å². The maximum atomic E-state index is 11.1. The van der Waals surface area contributed by atoms with Gasteiger partial charge in [0.15, 0.2) is 0 Å². The zero-order valence-corrected chi connectivity index (χ0v) is 11.7. The Morgan fingerprint density at radius 3 is 2.68 bits per heavy atom.